The van der Waals surface area contributed by atoms with E-state index in [0.29, 0.717) is 47.6 Å². The van der Waals surface area contributed by atoms with E-state index < -0.39 is 0 Å². The zero-order valence-corrected chi connectivity index (χ0v) is 15.5. The predicted octanol–water partition coefficient (Wildman–Crippen LogP) is 5.25. The van der Waals surface area contributed by atoms with E-state index in [1.54, 1.807) is 26.4 Å². The van der Waals surface area contributed by atoms with E-state index in [9.17, 15) is 0 Å². The topological polar surface area (TPSA) is 50.1 Å². The van der Waals surface area contributed by atoms with E-state index in [4.69, 9.17) is 23.4 Å². The van der Waals surface area contributed by atoms with Gasteiger partial charge in [-0.05, 0) is 24.3 Å². The smallest absolute Gasteiger partial charge is 0.164 e. The fourth-order valence-corrected chi connectivity index (χ4v) is 2.70. The van der Waals surface area contributed by atoms with E-state index in [0.717, 1.165) is 10.9 Å². The van der Waals surface area contributed by atoms with E-state index >= 15 is 0 Å². The fourth-order valence-electron chi connectivity index (χ4n) is 2.70. The summed E-state index contributed by atoms with van der Waals surface area (Å²) in [6.07, 6.45) is 3.38. The summed E-state index contributed by atoms with van der Waals surface area (Å²) < 4.78 is 28.1. The monoisotopic (exact) mass is 366 g/mol. The van der Waals surface area contributed by atoms with Crippen molar-refractivity contribution in [3.05, 3.63) is 61.7 Å². The lowest BCUT2D eigenvalue weighted by Crippen LogP contribution is -1.96. The maximum Gasteiger partial charge on any atom is 0.164 e. The summed E-state index contributed by atoms with van der Waals surface area (Å²) in [7, 11) is 3.20. The summed E-state index contributed by atoms with van der Waals surface area (Å²) in [5.41, 5.74) is 1.54. The molecular weight excluding hydrogens is 344 g/mol. The number of methoxy groups -OCH3 is 2. The first-order valence-corrected chi connectivity index (χ1v) is 8.47. The molecule has 0 aliphatic carbocycles. The highest BCUT2D eigenvalue weighted by Gasteiger charge is 2.13. The predicted molar refractivity (Wildman–Crippen MR) is 106 cm³/mol. The Labute approximate surface area is 158 Å². The number of fused-ring (bicyclic) bond motifs is 1. The van der Waals surface area contributed by atoms with Crippen LogP contribution in [-0.2, 0) is 0 Å². The van der Waals surface area contributed by atoms with E-state index in [2.05, 4.69) is 13.2 Å². The first-order valence-electron chi connectivity index (χ1n) is 8.47. The van der Waals surface area contributed by atoms with Gasteiger partial charge in [0.15, 0.2) is 11.5 Å². The standard InChI is InChI=1S/C22H22O5/c1-5-7-25-17-9-15(10-18(13-17)26-8-6-2)19-11-16-12-21(23-3)22(24-4)14-20(16)27-19/h5-6,9-14H,1-2,7-8H2,3-4H3. The molecule has 0 spiro atoms. The highest BCUT2D eigenvalue weighted by molar-refractivity contribution is 5.86. The molecular formula is C22H22O5. The molecule has 0 N–H and O–H groups in total. The van der Waals surface area contributed by atoms with Crippen molar-refractivity contribution in [2.45, 2.75) is 0 Å². The molecule has 27 heavy (non-hydrogen) atoms. The van der Waals surface area contributed by atoms with Crippen LogP contribution in [0, 0.1) is 0 Å². The molecule has 140 valence electrons. The minimum Gasteiger partial charge on any atom is -0.493 e. The van der Waals surface area contributed by atoms with Gasteiger partial charge in [-0.2, -0.15) is 0 Å². The van der Waals surface area contributed by atoms with Crippen molar-refractivity contribution in [1.29, 1.82) is 0 Å². The number of furan rings is 1. The van der Waals surface area contributed by atoms with Gasteiger partial charge < -0.3 is 23.4 Å². The molecule has 5 heteroatoms. The molecule has 1 heterocycles. The first kappa shape index (κ1) is 18.5. The van der Waals surface area contributed by atoms with Gasteiger partial charge in [-0.25, -0.2) is 0 Å². The molecule has 0 saturated heterocycles. The number of benzene rings is 2. The summed E-state index contributed by atoms with van der Waals surface area (Å²) in [6.45, 7) is 8.16. The molecule has 0 atom stereocenters. The average Bonchev–Trinajstić information content (AvgIpc) is 3.12. The Morgan fingerprint density at radius 1 is 0.815 bits per heavy atom. The van der Waals surface area contributed by atoms with E-state index in [-0.39, 0.29) is 0 Å². The molecule has 3 rings (SSSR count). The molecule has 0 aliphatic heterocycles. The van der Waals surface area contributed by atoms with Crippen LogP contribution < -0.4 is 18.9 Å². The van der Waals surface area contributed by atoms with Gasteiger partial charge >= 0.3 is 0 Å². The van der Waals surface area contributed by atoms with Crippen molar-refractivity contribution in [3.8, 4) is 34.3 Å². The van der Waals surface area contributed by atoms with Gasteiger partial charge in [0.2, 0.25) is 0 Å². The lowest BCUT2D eigenvalue weighted by Gasteiger charge is -2.09. The molecule has 0 aliphatic rings. The third-order valence-electron chi connectivity index (χ3n) is 3.92. The molecule has 0 bridgehead atoms. The van der Waals surface area contributed by atoms with Gasteiger partial charge in [0.25, 0.3) is 0 Å². The number of hydrogen-bond donors (Lipinski definition) is 0. The quantitative estimate of drug-likeness (QED) is 0.484. The molecule has 0 saturated carbocycles. The van der Waals surface area contributed by atoms with Gasteiger partial charge in [-0.1, -0.05) is 25.3 Å². The minimum atomic E-state index is 0.402. The normalized spacial score (nSPS) is 10.4. The van der Waals surface area contributed by atoms with Crippen molar-refractivity contribution >= 4 is 11.0 Å². The maximum absolute atomic E-state index is 6.03. The van der Waals surface area contributed by atoms with E-state index in [1.807, 2.05) is 36.4 Å². The summed E-state index contributed by atoms with van der Waals surface area (Å²) in [6, 6.07) is 11.3. The Morgan fingerprint density at radius 2 is 1.41 bits per heavy atom. The van der Waals surface area contributed by atoms with Gasteiger partial charge in [-0.3, -0.25) is 0 Å². The highest BCUT2D eigenvalue weighted by Crippen LogP contribution is 2.38. The van der Waals surface area contributed by atoms with Crippen LogP contribution in [0.15, 0.2) is 66.1 Å². The van der Waals surface area contributed by atoms with Crippen LogP contribution in [-0.4, -0.2) is 27.4 Å². The van der Waals surface area contributed by atoms with Crippen LogP contribution in [0.5, 0.6) is 23.0 Å². The fraction of sp³-hybridized carbons (Fsp3) is 0.182. The Hall–Kier alpha value is -3.34. The molecule has 0 unspecified atom stereocenters. The Bertz CT molecular complexity index is 883. The first-order chi connectivity index (χ1) is 13.2. The number of ether oxygens (including phenoxy) is 4. The number of rotatable bonds is 9. The van der Waals surface area contributed by atoms with Crippen molar-refractivity contribution in [2.75, 3.05) is 27.4 Å². The van der Waals surface area contributed by atoms with Gasteiger partial charge in [0.1, 0.15) is 36.1 Å². The zero-order chi connectivity index (χ0) is 19.2. The van der Waals surface area contributed by atoms with Crippen LogP contribution >= 0.6 is 0 Å². The lowest BCUT2D eigenvalue weighted by atomic mass is 10.1. The second-order valence-corrected chi connectivity index (χ2v) is 5.75. The average molecular weight is 366 g/mol. The summed E-state index contributed by atoms with van der Waals surface area (Å²) in [4.78, 5) is 0. The summed E-state index contributed by atoms with van der Waals surface area (Å²) in [5, 5.41) is 0.911. The van der Waals surface area contributed by atoms with E-state index in [1.165, 1.54) is 0 Å². The molecule has 0 fully saturated rings. The Kier molecular flexibility index (Phi) is 5.71. The van der Waals surface area contributed by atoms with Crippen molar-refractivity contribution < 1.29 is 23.4 Å². The minimum absolute atomic E-state index is 0.402. The van der Waals surface area contributed by atoms with Gasteiger partial charge in [0, 0.05) is 23.1 Å². The highest BCUT2D eigenvalue weighted by atomic mass is 16.5. The lowest BCUT2D eigenvalue weighted by molar-refractivity contribution is 0.345. The van der Waals surface area contributed by atoms with Crippen molar-refractivity contribution in [1.82, 2.24) is 0 Å². The van der Waals surface area contributed by atoms with Crippen LogP contribution in [0.4, 0.5) is 0 Å². The second kappa shape index (κ2) is 8.36. The Morgan fingerprint density at radius 3 is 1.96 bits per heavy atom. The maximum atomic E-state index is 6.03. The molecule has 3 aromatic rings. The third-order valence-corrected chi connectivity index (χ3v) is 3.92. The molecule has 2 aromatic carbocycles. The van der Waals surface area contributed by atoms with Crippen LogP contribution in [0.2, 0.25) is 0 Å². The van der Waals surface area contributed by atoms with Crippen LogP contribution in [0.25, 0.3) is 22.3 Å². The summed E-state index contributed by atoms with van der Waals surface area (Å²) in [5.74, 6) is 3.29. The largest absolute Gasteiger partial charge is 0.493 e. The van der Waals surface area contributed by atoms with Gasteiger partial charge in [0.05, 0.1) is 14.2 Å². The Balaban J connectivity index is 2.05. The zero-order valence-electron chi connectivity index (χ0n) is 15.5. The molecule has 5 nitrogen and oxygen atoms in total. The van der Waals surface area contributed by atoms with Crippen molar-refractivity contribution in [2.24, 2.45) is 0 Å². The van der Waals surface area contributed by atoms with Crippen LogP contribution in [0.3, 0.4) is 0 Å². The SMILES string of the molecule is C=CCOc1cc(OCC=C)cc(-c2cc3cc(OC)c(OC)cc3o2)c1. The summed E-state index contributed by atoms with van der Waals surface area (Å²) >= 11 is 0. The second-order valence-electron chi connectivity index (χ2n) is 5.75. The molecule has 1 aromatic heterocycles. The molecule has 0 amide bonds. The van der Waals surface area contributed by atoms with Crippen LogP contribution in [0.1, 0.15) is 0 Å². The molecule has 0 radical (unpaired) electrons. The van der Waals surface area contributed by atoms with Crippen molar-refractivity contribution in [3.63, 3.8) is 0 Å². The third kappa shape index (κ3) is 4.08. The van der Waals surface area contributed by atoms with Gasteiger partial charge in [-0.15, -0.1) is 0 Å². The number of hydrogen-bond acceptors (Lipinski definition) is 5.